The molecule has 1 rings (SSSR count). The van der Waals surface area contributed by atoms with Crippen molar-refractivity contribution in [2.75, 3.05) is 13.7 Å². The quantitative estimate of drug-likeness (QED) is 0.809. The monoisotopic (exact) mass is 307 g/mol. The van der Waals surface area contributed by atoms with E-state index in [2.05, 4.69) is 38.2 Å². The molecule has 22 heavy (non-hydrogen) atoms. The molecule has 5 nitrogen and oxygen atoms in total. The molecule has 0 radical (unpaired) electrons. The fourth-order valence-electron chi connectivity index (χ4n) is 2.00. The van der Waals surface area contributed by atoms with Gasteiger partial charge >= 0.3 is 5.97 Å². The van der Waals surface area contributed by atoms with Gasteiger partial charge in [-0.1, -0.05) is 45.0 Å². The highest BCUT2D eigenvalue weighted by Gasteiger charge is 2.17. The second-order valence-electron chi connectivity index (χ2n) is 6.31. The second-order valence-corrected chi connectivity index (χ2v) is 6.31. The van der Waals surface area contributed by atoms with Crippen LogP contribution >= 0.6 is 0 Å². The van der Waals surface area contributed by atoms with Gasteiger partial charge in [0.25, 0.3) is 0 Å². The van der Waals surface area contributed by atoms with Crippen molar-refractivity contribution in [1.82, 2.24) is 5.32 Å². The van der Waals surface area contributed by atoms with Crippen molar-refractivity contribution in [3.63, 3.8) is 0 Å². The van der Waals surface area contributed by atoms with Crippen LogP contribution in [-0.4, -0.2) is 36.7 Å². The zero-order valence-corrected chi connectivity index (χ0v) is 13.7. The van der Waals surface area contributed by atoms with E-state index < -0.39 is 12.1 Å². The van der Waals surface area contributed by atoms with Crippen LogP contribution in [0.3, 0.4) is 0 Å². The van der Waals surface area contributed by atoms with E-state index in [1.807, 2.05) is 12.1 Å². The van der Waals surface area contributed by atoms with E-state index in [4.69, 9.17) is 9.84 Å². The Bertz CT molecular complexity index is 502. The summed E-state index contributed by atoms with van der Waals surface area (Å²) in [6.45, 7) is 6.45. The average molecular weight is 307 g/mol. The van der Waals surface area contributed by atoms with E-state index in [-0.39, 0.29) is 17.9 Å². The molecule has 122 valence electrons. The molecule has 5 heteroatoms. The minimum absolute atomic E-state index is 0.0202. The van der Waals surface area contributed by atoms with Crippen molar-refractivity contribution in [1.29, 1.82) is 0 Å². The molecule has 1 unspecified atom stereocenters. The molecular formula is C17H25NO4. The van der Waals surface area contributed by atoms with Crippen LogP contribution in [0, 0.1) is 0 Å². The van der Waals surface area contributed by atoms with E-state index in [0.29, 0.717) is 12.8 Å². The Balaban J connectivity index is 2.43. The summed E-state index contributed by atoms with van der Waals surface area (Å²) < 4.78 is 4.76. The molecule has 2 N–H and O–H groups in total. The van der Waals surface area contributed by atoms with Crippen molar-refractivity contribution in [2.45, 2.75) is 45.1 Å². The third-order valence-corrected chi connectivity index (χ3v) is 3.51. The number of aliphatic carboxylic acids is 1. The van der Waals surface area contributed by atoms with E-state index >= 15 is 0 Å². The molecule has 0 aliphatic rings. The van der Waals surface area contributed by atoms with Gasteiger partial charge in [0.1, 0.15) is 0 Å². The summed E-state index contributed by atoms with van der Waals surface area (Å²) in [5.74, 6) is -1.26. The van der Waals surface area contributed by atoms with Gasteiger partial charge in [-0.15, -0.1) is 0 Å². The zero-order chi connectivity index (χ0) is 16.8. The summed E-state index contributed by atoms with van der Waals surface area (Å²) in [6, 6.07) is 8.23. The number of rotatable bonds is 7. The van der Waals surface area contributed by atoms with Gasteiger partial charge in [-0.25, -0.2) is 4.79 Å². The second kappa shape index (κ2) is 7.94. The maximum absolute atomic E-state index is 11.7. The minimum atomic E-state index is -1.08. The number of nitrogens with one attached hydrogen (secondary N) is 1. The molecule has 0 bridgehead atoms. The lowest BCUT2D eigenvalue weighted by atomic mass is 9.86. The van der Waals surface area contributed by atoms with Crippen LogP contribution in [-0.2, 0) is 26.2 Å². The average Bonchev–Trinajstić information content (AvgIpc) is 2.45. The van der Waals surface area contributed by atoms with Crippen molar-refractivity contribution >= 4 is 11.9 Å². The Morgan fingerprint density at radius 2 is 1.82 bits per heavy atom. The van der Waals surface area contributed by atoms with Crippen LogP contribution in [0.25, 0.3) is 0 Å². The standard InChI is InChI=1S/C17H25NO4/c1-17(2,3)13-8-5-12(6-9-13)7-10-15(19)18-11-14(22-4)16(20)21/h5-6,8-9,14H,7,10-11H2,1-4H3,(H,18,19)(H,20,21). The number of hydrogen-bond donors (Lipinski definition) is 2. The van der Waals surface area contributed by atoms with Gasteiger partial charge in [0, 0.05) is 13.5 Å². The van der Waals surface area contributed by atoms with E-state index in [1.54, 1.807) is 0 Å². The first-order chi connectivity index (χ1) is 10.2. The predicted molar refractivity (Wildman–Crippen MR) is 84.9 cm³/mol. The van der Waals surface area contributed by atoms with Crippen molar-refractivity contribution < 1.29 is 19.4 Å². The minimum Gasteiger partial charge on any atom is -0.479 e. The Kier molecular flexibility index (Phi) is 6.56. The number of hydrogen-bond acceptors (Lipinski definition) is 3. The molecule has 1 amide bonds. The van der Waals surface area contributed by atoms with Gasteiger partial charge in [-0.05, 0) is 23.0 Å². The highest BCUT2D eigenvalue weighted by molar-refractivity contribution is 5.78. The molecule has 1 aromatic carbocycles. The first-order valence-corrected chi connectivity index (χ1v) is 7.35. The molecule has 0 saturated carbocycles. The number of amides is 1. The highest BCUT2D eigenvalue weighted by atomic mass is 16.5. The number of carbonyl (C=O) groups is 2. The number of benzene rings is 1. The highest BCUT2D eigenvalue weighted by Crippen LogP contribution is 2.22. The van der Waals surface area contributed by atoms with Crippen LogP contribution in [0.2, 0.25) is 0 Å². The molecule has 0 aromatic heterocycles. The van der Waals surface area contributed by atoms with Gasteiger partial charge in [0.2, 0.25) is 5.91 Å². The van der Waals surface area contributed by atoms with Gasteiger partial charge in [0.05, 0.1) is 6.54 Å². The fourth-order valence-corrected chi connectivity index (χ4v) is 2.00. The van der Waals surface area contributed by atoms with Crippen LogP contribution in [0.15, 0.2) is 24.3 Å². The normalized spacial score (nSPS) is 12.7. The lowest BCUT2D eigenvalue weighted by molar-refractivity contribution is -0.148. The third-order valence-electron chi connectivity index (χ3n) is 3.51. The van der Waals surface area contributed by atoms with Crippen molar-refractivity contribution in [2.24, 2.45) is 0 Å². The maximum Gasteiger partial charge on any atom is 0.334 e. The largest absolute Gasteiger partial charge is 0.479 e. The number of methoxy groups -OCH3 is 1. The molecule has 1 aromatic rings. The van der Waals surface area contributed by atoms with Crippen LogP contribution in [0.4, 0.5) is 0 Å². The summed E-state index contributed by atoms with van der Waals surface area (Å²) >= 11 is 0. The first kappa shape index (κ1) is 18.2. The summed E-state index contributed by atoms with van der Waals surface area (Å²) in [4.78, 5) is 22.5. The number of aryl methyl sites for hydroxylation is 1. The number of carbonyl (C=O) groups excluding carboxylic acids is 1. The van der Waals surface area contributed by atoms with Crippen LogP contribution in [0.5, 0.6) is 0 Å². The molecule has 0 heterocycles. The van der Waals surface area contributed by atoms with E-state index in [9.17, 15) is 9.59 Å². The smallest absolute Gasteiger partial charge is 0.334 e. The Morgan fingerprint density at radius 3 is 2.27 bits per heavy atom. The Morgan fingerprint density at radius 1 is 1.23 bits per heavy atom. The number of ether oxygens (including phenoxy) is 1. The molecule has 0 saturated heterocycles. The van der Waals surface area contributed by atoms with Crippen molar-refractivity contribution in [3.8, 4) is 0 Å². The van der Waals surface area contributed by atoms with Gasteiger partial charge in [-0.3, -0.25) is 4.79 Å². The Hall–Kier alpha value is -1.88. The lowest BCUT2D eigenvalue weighted by Crippen LogP contribution is -2.37. The SMILES string of the molecule is COC(CNC(=O)CCc1ccc(C(C)(C)C)cc1)C(=O)O. The molecule has 0 aliphatic carbocycles. The fraction of sp³-hybridized carbons (Fsp3) is 0.529. The molecular weight excluding hydrogens is 282 g/mol. The number of carboxylic acid groups (broad SMARTS) is 1. The summed E-state index contributed by atoms with van der Waals surface area (Å²) in [7, 11) is 1.31. The van der Waals surface area contributed by atoms with Gasteiger partial charge in [0.15, 0.2) is 6.10 Å². The predicted octanol–water partition coefficient (Wildman–Crippen LogP) is 2.13. The molecule has 0 aliphatic heterocycles. The topological polar surface area (TPSA) is 75.6 Å². The molecule has 1 atom stereocenters. The van der Waals surface area contributed by atoms with Gasteiger partial charge < -0.3 is 15.2 Å². The van der Waals surface area contributed by atoms with E-state index in [0.717, 1.165) is 5.56 Å². The number of carboxylic acids is 1. The van der Waals surface area contributed by atoms with Crippen LogP contribution in [0.1, 0.15) is 38.3 Å². The lowest BCUT2D eigenvalue weighted by Gasteiger charge is -2.19. The van der Waals surface area contributed by atoms with Crippen LogP contribution < -0.4 is 5.32 Å². The summed E-state index contributed by atoms with van der Waals surface area (Å²) in [6.07, 6.45) is -0.0543. The molecule has 0 fully saturated rings. The first-order valence-electron chi connectivity index (χ1n) is 7.35. The van der Waals surface area contributed by atoms with E-state index in [1.165, 1.54) is 12.7 Å². The molecule has 0 spiro atoms. The van der Waals surface area contributed by atoms with Crippen molar-refractivity contribution in [3.05, 3.63) is 35.4 Å². The van der Waals surface area contributed by atoms with Gasteiger partial charge in [-0.2, -0.15) is 0 Å². The maximum atomic E-state index is 11.7. The zero-order valence-electron chi connectivity index (χ0n) is 13.7. The summed E-state index contributed by atoms with van der Waals surface area (Å²) in [5.41, 5.74) is 2.46. The Labute approximate surface area is 131 Å². The summed E-state index contributed by atoms with van der Waals surface area (Å²) in [5, 5.41) is 11.4. The third kappa shape index (κ3) is 5.85.